The summed E-state index contributed by atoms with van der Waals surface area (Å²) in [6.07, 6.45) is 0. The van der Waals surface area contributed by atoms with E-state index in [9.17, 15) is 0 Å². The third-order valence-corrected chi connectivity index (χ3v) is 10.1. The Morgan fingerprint density at radius 3 is 1.72 bits per heavy atom. The third kappa shape index (κ3) is 3.01. The van der Waals surface area contributed by atoms with Gasteiger partial charge in [-0.2, -0.15) is 0 Å². The molecule has 0 fully saturated rings. The van der Waals surface area contributed by atoms with Gasteiger partial charge in [-0.3, -0.25) is 0 Å². The molecule has 11 aromatic rings. The molecule has 0 saturated carbocycles. The van der Waals surface area contributed by atoms with Crippen LogP contribution in [0.2, 0.25) is 0 Å². The number of rotatable bonds is 1. The van der Waals surface area contributed by atoms with Gasteiger partial charge in [0, 0.05) is 38.0 Å². The van der Waals surface area contributed by atoms with Crippen LogP contribution < -0.4 is 0 Å². The van der Waals surface area contributed by atoms with Crippen LogP contribution >= 0.6 is 0 Å². The van der Waals surface area contributed by atoms with Crippen LogP contribution in [-0.2, 0) is 0 Å². The molecule has 0 N–H and O–H groups in total. The third-order valence-electron chi connectivity index (χ3n) is 10.1. The lowest BCUT2D eigenvalue weighted by Gasteiger charge is -2.14. The van der Waals surface area contributed by atoms with Gasteiger partial charge in [-0.15, -0.1) is 0 Å². The van der Waals surface area contributed by atoms with E-state index in [1.54, 1.807) is 0 Å². The molecule has 9 aromatic carbocycles. The number of nitrogens with zero attached hydrogens (tertiary/aromatic N) is 1. The minimum absolute atomic E-state index is 0.908. The Morgan fingerprint density at radius 1 is 0.370 bits per heavy atom. The van der Waals surface area contributed by atoms with Crippen molar-refractivity contribution in [2.24, 2.45) is 0 Å². The lowest BCUT2D eigenvalue weighted by atomic mass is 9.89. The largest absolute Gasteiger partial charge is 0.454 e. The van der Waals surface area contributed by atoms with Crippen molar-refractivity contribution >= 4 is 97.6 Å². The summed E-state index contributed by atoms with van der Waals surface area (Å²) in [5.41, 5.74) is 5.24. The number of aromatic nitrogens is 1. The highest BCUT2D eigenvalue weighted by Gasteiger charge is 2.25. The molecular weight excluding hydrogens is 558 g/mol. The fraction of sp³-hybridized carbons (Fsp3) is 0. The summed E-state index contributed by atoms with van der Waals surface area (Å²) >= 11 is 0. The van der Waals surface area contributed by atoms with Crippen LogP contribution in [0.3, 0.4) is 0 Å². The average Bonchev–Trinajstić information content (AvgIpc) is 3.68. The molecule has 0 aliphatic heterocycles. The van der Waals surface area contributed by atoms with Crippen molar-refractivity contribution < 1.29 is 4.42 Å². The quantitative estimate of drug-likeness (QED) is 0.176. The smallest absolute Gasteiger partial charge is 0.160 e. The van der Waals surface area contributed by atoms with Crippen molar-refractivity contribution in [3.63, 3.8) is 0 Å². The van der Waals surface area contributed by atoms with E-state index in [2.05, 4.69) is 156 Å². The topological polar surface area (TPSA) is 18.1 Å². The molecule has 2 heterocycles. The van der Waals surface area contributed by atoms with Gasteiger partial charge in [0.1, 0.15) is 5.58 Å². The van der Waals surface area contributed by atoms with Crippen molar-refractivity contribution in [2.75, 3.05) is 0 Å². The van der Waals surface area contributed by atoms with Crippen molar-refractivity contribution in [1.29, 1.82) is 0 Å². The summed E-state index contributed by atoms with van der Waals surface area (Å²) in [6.45, 7) is 0. The number of hydrogen-bond acceptors (Lipinski definition) is 1. The zero-order valence-corrected chi connectivity index (χ0v) is 24.8. The van der Waals surface area contributed by atoms with Crippen LogP contribution in [0.1, 0.15) is 0 Å². The van der Waals surface area contributed by atoms with Gasteiger partial charge in [0.15, 0.2) is 5.58 Å². The summed E-state index contributed by atoms with van der Waals surface area (Å²) in [7, 11) is 0. The van der Waals surface area contributed by atoms with Gasteiger partial charge >= 0.3 is 0 Å². The van der Waals surface area contributed by atoms with Crippen molar-refractivity contribution in [3.8, 4) is 5.69 Å². The molecule has 0 radical (unpaired) electrons. The Hall–Kier alpha value is -6.12. The summed E-state index contributed by atoms with van der Waals surface area (Å²) in [5, 5.41) is 17.4. The van der Waals surface area contributed by atoms with E-state index >= 15 is 0 Å². The Kier molecular flexibility index (Phi) is 4.61. The van der Waals surface area contributed by atoms with Crippen LogP contribution in [0.4, 0.5) is 0 Å². The molecule has 0 atom stereocenters. The molecule has 11 rings (SSSR count). The van der Waals surface area contributed by atoms with Crippen molar-refractivity contribution in [3.05, 3.63) is 152 Å². The molecule has 212 valence electrons. The summed E-state index contributed by atoms with van der Waals surface area (Å²) in [4.78, 5) is 0. The van der Waals surface area contributed by atoms with E-state index in [1.165, 1.54) is 75.5 Å². The lowest BCUT2D eigenvalue weighted by molar-refractivity contribution is 0.671. The molecule has 2 heteroatoms. The number of hydrogen-bond donors (Lipinski definition) is 0. The van der Waals surface area contributed by atoms with Gasteiger partial charge in [-0.25, -0.2) is 0 Å². The van der Waals surface area contributed by atoms with Crippen LogP contribution in [0.15, 0.2) is 156 Å². The number of furan rings is 1. The van der Waals surface area contributed by atoms with Crippen molar-refractivity contribution in [1.82, 2.24) is 4.57 Å². The van der Waals surface area contributed by atoms with E-state index < -0.39 is 0 Å². The zero-order valence-electron chi connectivity index (χ0n) is 24.8. The van der Waals surface area contributed by atoms with E-state index in [0.29, 0.717) is 0 Å². The molecule has 0 aliphatic rings. The predicted molar refractivity (Wildman–Crippen MR) is 196 cm³/mol. The Bertz CT molecular complexity index is 3080. The molecule has 0 bridgehead atoms. The highest BCUT2D eigenvalue weighted by Crippen LogP contribution is 2.50. The first kappa shape index (κ1) is 24.2. The highest BCUT2D eigenvalue weighted by molar-refractivity contribution is 6.44. The Balaban J connectivity index is 1.44. The summed E-state index contributed by atoms with van der Waals surface area (Å²) in [5.74, 6) is 0. The lowest BCUT2D eigenvalue weighted by Crippen LogP contribution is -1.95. The SMILES string of the molecule is c1ccc2c(c1)ccc1cc(-n3c4ccccc4c4c5c6ccccc6c6ccccc6c5c5c6ccccc6oc5c43)ccc12. The summed E-state index contributed by atoms with van der Waals surface area (Å²) < 4.78 is 9.39. The number of benzene rings is 9. The van der Waals surface area contributed by atoms with E-state index in [0.717, 1.165) is 27.8 Å². The monoisotopic (exact) mass is 583 g/mol. The molecule has 0 unspecified atom stereocenters. The first-order valence-electron chi connectivity index (χ1n) is 15.9. The van der Waals surface area contributed by atoms with Gasteiger partial charge in [-0.05, 0) is 67.4 Å². The van der Waals surface area contributed by atoms with Crippen LogP contribution in [0.5, 0.6) is 0 Å². The zero-order chi connectivity index (χ0) is 29.9. The van der Waals surface area contributed by atoms with Gasteiger partial charge in [-0.1, -0.05) is 127 Å². The molecule has 0 aliphatic carbocycles. The minimum Gasteiger partial charge on any atom is -0.454 e. The van der Waals surface area contributed by atoms with Crippen LogP contribution in [-0.4, -0.2) is 4.57 Å². The van der Waals surface area contributed by atoms with Gasteiger partial charge < -0.3 is 8.98 Å². The maximum Gasteiger partial charge on any atom is 0.160 e. The van der Waals surface area contributed by atoms with Crippen LogP contribution in [0.25, 0.3) is 103 Å². The molecule has 46 heavy (non-hydrogen) atoms. The minimum atomic E-state index is 0.908. The molecule has 0 amide bonds. The number of para-hydroxylation sites is 2. The Labute approximate surface area is 263 Å². The average molecular weight is 584 g/mol. The Morgan fingerprint density at radius 2 is 0.935 bits per heavy atom. The maximum absolute atomic E-state index is 6.95. The fourth-order valence-electron chi connectivity index (χ4n) is 8.24. The van der Waals surface area contributed by atoms with Crippen LogP contribution in [0, 0.1) is 0 Å². The predicted octanol–water partition coefficient (Wildman–Crippen LogP) is 12.4. The van der Waals surface area contributed by atoms with E-state index in [1.807, 2.05) is 0 Å². The molecule has 0 spiro atoms. The summed E-state index contributed by atoms with van der Waals surface area (Å²) in [6, 6.07) is 55.1. The van der Waals surface area contributed by atoms with Gasteiger partial charge in [0.05, 0.1) is 11.0 Å². The molecule has 2 nitrogen and oxygen atoms in total. The first-order valence-corrected chi connectivity index (χ1v) is 15.9. The van der Waals surface area contributed by atoms with E-state index in [-0.39, 0.29) is 0 Å². The van der Waals surface area contributed by atoms with Gasteiger partial charge in [0.25, 0.3) is 0 Å². The number of fused-ring (bicyclic) bond motifs is 18. The molecule has 2 aromatic heterocycles. The fourth-order valence-corrected chi connectivity index (χ4v) is 8.24. The first-order chi connectivity index (χ1) is 22.8. The van der Waals surface area contributed by atoms with Gasteiger partial charge in [0.2, 0.25) is 0 Å². The van der Waals surface area contributed by atoms with Crippen molar-refractivity contribution in [2.45, 2.75) is 0 Å². The normalized spacial score (nSPS) is 12.3. The maximum atomic E-state index is 6.95. The molecule has 0 saturated heterocycles. The highest BCUT2D eigenvalue weighted by atomic mass is 16.3. The second-order valence-corrected chi connectivity index (χ2v) is 12.4. The second kappa shape index (κ2) is 8.74. The second-order valence-electron chi connectivity index (χ2n) is 12.4. The molecular formula is C44H25NO. The van der Waals surface area contributed by atoms with E-state index in [4.69, 9.17) is 4.42 Å². The standard InChI is InChI=1S/C44H25NO/c1-2-12-29-26(11-1)21-22-27-25-28(23-24-30(27)29)45-37-19-9-7-17-35(37)41-39-33-15-5-3-13-31(33)32-14-4-6-16-34(32)40(39)42-36-18-8-10-20-38(36)46-44(42)43(41)45/h1-25H.